The predicted octanol–water partition coefficient (Wildman–Crippen LogP) is 1.45. The first-order valence-corrected chi connectivity index (χ1v) is 6.13. The third-order valence-electron chi connectivity index (χ3n) is 2.60. The number of carbonyl (C=O) groups is 3. The van der Waals surface area contributed by atoms with Crippen LogP contribution in [0.25, 0.3) is 0 Å². The molecule has 1 rings (SSSR count). The number of esters is 1. The summed E-state index contributed by atoms with van der Waals surface area (Å²) in [4.78, 5) is 33.7. The summed E-state index contributed by atoms with van der Waals surface area (Å²) in [6, 6.07) is 4.93. The molecule has 0 unspecified atom stereocenters. The summed E-state index contributed by atoms with van der Waals surface area (Å²) in [5, 5.41) is 11.5. The molecule has 2 N–H and O–H groups in total. The SMILES string of the molecule is CC(=O)Oc1ccc(C(=O)N[C@H](C(=O)O)C(C)C)cc1. The molecule has 0 saturated carbocycles. The largest absolute Gasteiger partial charge is 0.480 e. The van der Waals surface area contributed by atoms with Crippen molar-refractivity contribution in [3.05, 3.63) is 29.8 Å². The van der Waals surface area contributed by atoms with Crippen molar-refractivity contribution in [2.75, 3.05) is 0 Å². The lowest BCUT2D eigenvalue weighted by Crippen LogP contribution is -2.44. The molecular formula is C14H17NO5. The molecule has 0 fully saturated rings. The number of rotatable bonds is 5. The Morgan fingerprint density at radius 2 is 1.70 bits per heavy atom. The van der Waals surface area contributed by atoms with Crippen LogP contribution in [-0.4, -0.2) is 29.0 Å². The fourth-order valence-corrected chi connectivity index (χ4v) is 1.58. The van der Waals surface area contributed by atoms with Crippen LogP contribution in [0.3, 0.4) is 0 Å². The van der Waals surface area contributed by atoms with Gasteiger partial charge in [0, 0.05) is 12.5 Å². The van der Waals surface area contributed by atoms with Crippen molar-refractivity contribution >= 4 is 17.8 Å². The highest BCUT2D eigenvalue weighted by Gasteiger charge is 2.23. The smallest absolute Gasteiger partial charge is 0.326 e. The summed E-state index contributed by atoms with van der Waals surface area (Å²) in [5.41, 5.74) is 0.299. The van der Waals surface area contributed by atoms with Gasteiger partial charge >= 0.3 is 11.9 Å². The lowest BCUT2D eigenvalue weighted by Gasteiger charge is -2.17. The van der Waals surface area contributed by atoms with Crippen LogP contribution in [0.4, 0.5) is 0 Å². The third-order valence-corrected chi connectivity index (χ3v) is 2.60. The normalized spacial score (nSPS) is 11.8. The molecule has 1 atom stereocenters. The lowest BCUT2D eigenvalue weighted by atomic mass is 10.0. The second-order valence-corrected chi connectivity index (χ2v) is 4.65. The van der Waals surface area contributed by atoms with Crippen molar-refractivity contribution in [3.63, 3.8) is 0 Å². The van der Waals surface area contributed by atoms with Crippen molar-refractivity contribution < 1.29 is 24.2 Å². The number of carboxylic acid groups (broad SMARTS) is 1. The molecule has 1 aromatic carbocycles. The molecule has 20 heavy (non-hydrogen) atoms. The van der Waals surface area contributed by atoms with E-state index in [4.69, 9.17) is 9.84 Å². The summed E-state index contributed by atoms with van der Waals surface area (Å²) in [6.45, 7) is 4.70. The Bertz CT molecular complexity index is 507. The number of aliphatic carboxylic acids is 1. The molecule has 6 heteroatoms. The fraction of sp³-hybridized carbons (Fsp3) is 0.357. The van der Waals surface area contributed by atoms with Gasteiger partial charge in [-0.2, -0.15) is 0 Å². The third kappa shape index (κ3) is 4.38. The van der Waals surface area contributed by atoms with Crippen LogP contribution in [0.2, 0.25) is 0 Å². The number of carboxylic acids is 1. The van der Waals surface area contributed by atoms with Crippen LogP contribution in [0.15, 0.2) is 24.3 Å². The Morgan fingerprint density at radius 3 is 2.10 bits per heavy atom. The molecule has 108 valence electrons. The van der Waals surface area contributed by atoms with Crippen molar-refractivity contribution in [1.29, 1.82) is 0 Å². The maximum absolute atomic E-state index is 11.9. The van der Waals surface area contributed by atoms with Crippen molar-refractivity contribution in [2.45, 2.75) is 26.8 Å². The number of benzene rings is 1. The van der Waals surface area contributed by atoms with E-state index < -0.39 is 23.9 Å². The number of amides is 1. The summed E-state index contributed by atoms with van der Waals surface area (Å²) in [6.07, 6.45) is 0. The zero-order valence-electron chi connectivity index (χ0n) is 11.5. The van der Waals surface area contributed by atoms with E-state index in [0.29, 0.717) is 11.3 Å². The first-order valence-electron chi connectivity index (χ1n) is 6.13. The highest BCUT2D eigenvalue weighted by Crippen LogP contribution is 2.13. The number of carbonyl (C=O) groups excluding carboxylic acids is 2. The molecule has 1 aromatic rings. The number of hydrogen-bond acceptors (Lipinski definition) is 4. The van der Waals surface area contributed by atoms with Gasteiger partial charge in [0.25, 0.3) is 5.91 Å². The summed E-state index contributed by atoms with van der Waals surface area (Å²) in [5.74, 6) is -1.91. The van der Waals surface area contributed by atoms with E-state index in [0.717, 1.165) is 0 Å². The van der Waals surface area contributed by atoms with Gasteiger partial charge in [0.2, 0.25) is 0 Å². The van der Waals surface area contributed by atoms with Gasteiger partial charge in [-0.05, 0) is 30.2 Å². The molecule has 0 spiro atoms. The molecule has 0 saturated heterocycles. The molecule has 0 radical (unpaired) electrons. The molecule has 1 amide bonds. The summed E-state index contributed by atoms with van der Waals surface area (Å²) < 4.78 is 4.84. The van der Waals surface area contributed by atoms with Crippen LogP contribution in [-0.2, 0) is 9.59 Å². The minimum absolute atomic E-state index is 0.225. The average Bonchev–Trinajstić information content (AvgIpc) is 2.35. The quantitative estimate of drug-likeness (QED) is 0.628. The van der Waals surface area contributed by atoms with Crippen LogP contribution >= 0.6 is 0 Å². The maximum atomic E-state index is 11.9. The molecule has 6 nitrogen and oxygen atoms in total. The lowest BCUT2D eigenvalue weighted by molar-refractivity contribution is -0.140. The Hall–Kier alpha value is -2.37. The molecule has 0 aromatic heterocycles. The monoisotopic (exact) mass is 279 g/mol. The van der Waals surface area contributed by atoms with Crippen LogP contribution < -0.4 is 10.1 Å². The van der Waals surface area contributed by atoms with Crippen molar-refractivity contribution in [1.82, 2.24) is 5.32 Å². The second kappa shape index (κ2) is 6.70. The second-order valence-electron chi connectivity index (χ2n) is 4.65. The predicted molar refractivity (Wildman–Crippen MR) is 71.5 cm³/mol. The number of nitrogens with one attached hydrogen (secondary N) is 1. The highest BCUT2D eigenvalue weighted by molar-refractivity contribution is 5.96. The fourth-order valence-electron chi connectivity index (χ4n) is 1.58. The van der Waals surface area contributed by atoms with Gasteiger partial charge < -0.3 is 15.2 Å². The van der Waals surface area contributed by atoms with E-state index in [-0.39, 0.29) is 5.92 Å². The van der Waals surface area contributed by atoms with Gasteiger partial charge in [-0.3, -0.25) is 9.59 Å². The zero-order valence-corrected chi connectivity index (χ0v) is 11.5. The minimum Gasteiger partial charge on any atom is -0.480 e. The molecule has 0 aliphatic carbocycles. The van der Waals surface area contributed by atoms with Crippen molar-refractivity contribution in [3.8, 4) is 5.75 Å². The minimum atomic E-state index is -1.08. The van der Waals surface area contributed by atoms with E-state index in [1.807, 2.05) is 0 Å². The van der Waals surface area contributed by atoms with Gasteiger partial charge in [0.15, 0.2) is 0 Å². The molecule has 0 aliphatic heterocycles. The van der Waals surface area contributed by atoms with E-state index in [2.05, 4.69) is 5.32 Å². The Morgan fingerprint density at radius 1 is 1.15 bits per heavy atom. The van der Waals surface area contributed by atoms with Gasteiger partial charge in [0.1, 0.15) is 11.8 Å². The van der Waals surface area contributed by atoms with Gasteiger partial charge in [-0.1, -0.05) is 13.8 Å². The highest BCUT2D eigenvalue weighted by atomic mass is 16.5. The van der Waals surface area contributed by atoms with Gasteiger partial charge in [-0.15, -0.1) is 0 Å². The summed E-state index contributed by atoms with van der Waals surface area (Å²) in [7, 11) is 0. The average molecular weight is 279 g/mol. The van der Waals surface area contributed by atoms with Crippen LogP contribution in [0, 0.1) is 5.92 Å². The number of hydrogen-bond donors (Lipinski definition) is 2. The van der Waals surface area contributed by atoms with Crippen LogP contribution in [0.5, 0.6) is 5.75 Å². The van der Waals surface area contributed by atoms with Crippen molar-refractivity contribution in [2.24, 2.45) is 5.92 Å². The standard InChI is InChI=1S/C14H17NO5/c1-8(2)12(14(18)19)15-13(17)10-4-6-11(7-5-10)20-9(3)16/h4-8,12H,1-3H3,(H,15,17)(H,18,19)/t12-/m0/s1. The van der Waals surface area contributed by atoms with E-state index >= 15 is 0 Å². The molecular weight excluding hydrogens is 262 g/mol. The number of ether oxygens (including phenoxy) is 1. The van der Waals surface area contributed by atoms with E-state index in [9.17, 15) is 14.4 Å². The maximum Gasteiger partial charge on any atom is 0.326 e. The van der Waals surface area contributed by atoms with Gasteiger partial charge in [-0.25, -0.2) is 4.79 Å². The zero-order chi connectivity index (χ0) is 15.3. The first kappa shape index (κ1) is 15.7. The molecule has 0 aliphatic rings. The molecule has 0 bridgehead atoms. The summed E-state index contributed by atoms with van der Waals surface area (Å²) >= 11 is 0. The topological polar surface area (TPSA) is 92.7 Å². The van der Waals surface area contributed by atoms with Crippen LogP contribution in [0.1, 0.15) is 31.1 Å². The van der Waals surface area contributed by atoms with E-state index in [1.165, 1.54) is 31.2 Å². The van der Waals surface area contributed by atoms with E-state index in [1.54, 1.807) is 13.8 Å². The Kier molecular flexibility index (Phi) is 5.25. The first-order chi connectivity index (χ1) is 9.31. The molecule has 0 heterocycles. The Labute approximate surface area is 116 Å². The Balaban J connectivity index is 2.77. The van der Waals surface area contributed by atoms with Gasteiger partial charge in [0.05, 0.1) is 0 Å².